The fourth-order valence-electron chi connectivity index (χ4n) is 1.43. The molecule has 0 saturated carbocycles. The number of halogens is 1. The van der Waals surface area contributed by atoms with Crippen molar-refractivity contribution >= 4 is 11.6 Å². The number of rotatable bonds is 5. The summed E-state index contributed by atoms with van der Waals surface area (Å²) in [7, 11) is 1.58. The number of aliphatic hydroxyl groups is 1. The van der Waals surface area contributed by atoms with Crippen LogP contribution in [0.1, 0.15) is 18.5 Å². The van der Waals surface area contributed by atoms with Gasteiger partial charge in [0.2, 0.25) is 0 Å². The number of nitrogens with one attached hydrogen (secondary N) is 1. The summed E-state index contributed by atoms with van der Waals surface area (Å²) < 4.78 is 5.06. The van der Waals surface area contributed by atoms with Crippen LogP contribution in [0.25, 0.3) is 0 Å². The molecule has 1 aromatic rings. The molecule has 1 rings (SSSR count). The van der Waals surface area contributed by atoms with E-state index in [9.17, 15) is 5.11 Å². The molecule has 0 amide bonds. The largest absolute Gasteiger partial charge is 0.495 e. The Morgan fingerprint density at radius 3 is 2.73 bits per heavy atom. The zero-order valence-corrected chi connectivity index (χ0v) is 9.71. The highest BCUT2D eigenvalue weighted by Gasteiger charge is 2.10. The van der Waals surface area contributed by atoms with Gasteiger partial charge in [-0.15, -0.1) is 0 Å². The zero-order valence-electron chi connectivity index (χ0n) is 8.96. The van der Waals surface area contributed by atoms with E-state index < -0.39 is 0 Å². The molecule has 0 aromatic heterocycles. The third kappa shape index (κ3) is 3.09. The Labute approximate surface area is 95.0 Å². The monoisotopic (exact) mass is 229 g/mol. The molecule has 84 valence electrons. The molecule has 0 heterocycles. The minimum atomic E-state index is -0.0709. The number of hydrogen-bond donors (Lipinski definition) is 2. The van der Waals surface area contributed by atoms with Gasteiger partial charge in [0.15, 0.2) is 0 Å². The van der Waals surface area contributed by atoms with Gasteiger partial charge in [-0.25, -0.2) is 0 Å². The molecular weight excluding hydrogens is 214 g/mol. The number of methoxy groups -OCH3 is 1. The van der Waals surface area contributed by atoms with Gasteiger partial charge in [0.05, 0.1) is 24.8 Å². The first-order valence-electron chi connectivity index (χ1n) is 4.90. The van der Waals surface area contributed by atoms with Gasteiger partial charge in [-0.1, -0.05) is 24.6 Å². The number of aliphatic hydroxyl groups excluding tert-OH is 1. The molecule has 2 N–H and O–H groups in total. The fraction of sp³-hybridized carbons (Fsp3) is 0.455. The fourth-order valence-corrected chi connectivity index (χ4v) is 1.70. The minimum absolute atomic E-state index is 0.0521. The number of likely N-dealkylation sites (N-methyl/N-ethyl adjacent to an activating group) is 1. The Bertz CT molecular complexity index is 317. The summed E-state index contributed by atoms with van der Waals surface area (Å²) in [4.78, 5) is 0. The van der Waals surface area contributed by atoms with Crippen LogP contribution in [0.15, 0.2) is 18.2 Å². The second kappa shape index (κ2) is 5.95. The summed E-state index contributed by atoms with van der Waals surface area (Å²) in [5.74, 6) is 0.647. The Morgan fingerprint density at radius 2 is 2.27 bits per heavy atom. The van der Waals surface area contributed by atoms with Gasteiger partial charge >= 0.3 is 0 Å². The van der Waals surface area contributed by atoms with Crippen molar-refractivity contribution in [3.8, 4) is 5.75 Å². The summed E-state index contributed by atoms with van der Waals surface area (Å²) >= 11 is 6.00. The van der Waals surface area contributed by atoms with Crippen LogP contribution in [0.2, 0.25) is 5.02 Å². The molecule has 1 aromatic carbocycles. The lowest BCUT2D eigenvalue weighted by atomic mass is 10.1. The van der Waals surface area contributed by atoms with Gasteiger partial charge in [-0.2, -0.15) is 0 Å². The first kappa shape index (κ1) is 12.3. The van der Waals surface area contributed by atoms with E-state index in [1.54, 1.807) is 13.2 Å². The predicted octanol–water partition coefficient (Wildman–Crippen LogP) is 1.99. The van der Waals surface area contributed by atoms with Crippen LogP contribution in [0.4, 0.5) is 0 Å². The smallest absolute Gasteiger partial charge is 0.137 e. The molecule has 0 saturated heterocycles. The Kier molecular flexibility index (Phi) is 4.88. The summed E-state index contributed by atoms with van der Waals surface area (Å²) in [5, 5.41) is 12.9. The van der Waals surface area contributed by atoms with E-state index in [0.29, 0.717) is 10.8 Å². The Balaban J connectivity index is 2.89. The standard InChI is InChI=1S/C11H16ClNO2/c1-3-13-10(7-14)8-4-5-11(15-2)9(12)6-8/h4-6,10,13-14H,3,7H2,1-2H3. The molecule has 4 heteroatoms. The second-order valence-corrected chi connectivity index (χ2v) is 3.59. The van der Waals surface area contributed by atoms with Crippen molar-refractivity contribution in [1.29, 1.82) is 0 Å². The van der Waals surface area contributed by atoms with Gasteiger partial charge in [-0.3, -0.25) is 0 Å². The summed E-state index contributed by atoms with van der Waals surface area (Å²) in [6.07, 6.45) is 0. The quantitative estimate of drug-likeness (QED) is 0.812. The maximum atomic E-state index is 9.19. The predicted molar refractivity (Wildman–Crippen MR) is 61.5 cm³/mol. The topological polar surface area (TPSA) is 41.5 Å². The van der Waals surface area contributed by atoms with Crippen molar-refractivity contribution in [1.82, 2.24) is 5.32 Å². The van der Waals surface area contributed by atoms with E-state index >= 15 is 0 Å². The van der Waals surface area contributed by atoms with Crippen molar-refractivity contribution in [2.45, 2.75) is 13.0 Å². The third-order valence-corrected chi connectivity index (χ3v) is 2.51. The van der Waals surface area contributed by atoms with Crippen LogP contribution in [0, 0.1) is 0 Å². The Morgan fingerprint density at radius 1 is 1.53 bits per heavy atom. The molecule has 0 radical (unpaired) electrons. The lowest BCUT2D eigenvalue weighted by molar-refractivity contribution is 0.246. The van der Waals surface area contributed by atoms with Crippen LogP contribution < -0.4 is 10.1 Å². The van der Waals surface area contributed by atoms with Crippen LogP contribution >= 0.6 is 11.6 Å². The molecule has 0 fully saturated rings. The summed E-state index contributed by atoms with van der Waals surface area (Å²) in [5.41, 5.74) is 0.963. The molecule has 1 unspecified atom stereocenters. The van der Waals surface area contributed by atoms with E-state index in [1.807, 2.05) is 19.1 Å². The van der Waals surface area contributed by atoms with E-state index in [4.69, 9.17) is 16.3 Å². The maximum absolute atomic E-state index is 9.19. The molecule has 1 atom stereocenters. The molecule has 0 aliphatic carbocycles. The lowest BCUT2D eigenvalue weighted by Gasteiger charge is -2.16. The van der Waals surface area contributed by atoms with Gasteiger partial charge in [0.1, 0.15) is 5.75 Å². The molecular formula is C11H16ClNO2. The van der Waals surface area contributed by atoms with E-state index in [2.05, 4.69) is 5.32 Å². The van der Waals surface area contributed by atoms with Crippen molar-refractivity contribution in [3.63, 3.8) is 0 Å². The summed E-state index contributed by atoms with van der Waals surface area (Å²) in [6, 6.07) is 5.44. The Hall–Kier alpha value is -0.770. The molecule has 0 aliphatic rings. The average Bonchev–Trinajstić information content (AvgIpc) is 2.25. The average molecular weight is 230 g/mol. The lowest BCUT2D eigenvalue weighted by Crippen LogP contribution is -2.23. The SMILES string of the molecule is CCNC(CO)c1ccc(OC)c(Cl)c1. The highest BCUT2D eigenvalue weighted by Crippen LogP contribution is 2.27. The molecule has 0 aliphatic heterocycles. The van der Waals surface area contributed by atoms with Gasteiger partial charge in [-0.05, 0) is 24.2 Å². The van der Waals surface area contributed by atoms with Crippen molar-refractivity contribution < 1.29 is 9.84 Å². The minimum Gasteiger partial charge on any atom is -0.495 e. The van der Waals surface area contributed by atoms with Crippen LogP contribution in [-0.2, 0) is 0 Å². The van der Waals surface area contributed by atoms with Crippen LogP contribution in [-0.4, -0.2) is 25.4 Å². The third-order valence-electron chi connectivity index (χ3n) is 2.21. The normalized spacial score (nSPS) is 12.5. The first-order valence-corrected chi connectivity index (χ1v) is 5.28. The van der Waals surface area contributed by atoms with E-state index in [-0.39, 0.29) is 12.6 Å². The van der Waals surface area contributed by atoms with E-state index in [1.165, 1.54) is 0 Å². The number of hydrogen-bond acceptors (Lipinski definition) is 3. The van der Waals surface area contributed by atoms with Gasteiger partial charge in [0.25, 0.3) is 0 Å². The van der Waals surface area contributed by atoms with Crippen molar-refractivity contribution in [3.05, 3.63) is 28.8 Å². The van der Waals surface area contributed by atoms with Crippen LogP contribution in [0.5, 0.6) is 5.75 Å². The van der Waals surface area contributed by atoms with Crippen LogP contribution in [0.3, 0.4) is 0 Å². The summed E-state index contributed by atoms with van der Waals surface area (Å²) in [6.45, 7) is 2.85. The maximum Gasteiger partial charge on any atom is 0.137 e. The first-order chi connectivity index (χ1) is 7.22. The van der Waals surface area contributed by atoms with Gasteiger partial charge in [0, 0.05) is 0 Å². The second-order valence-electron chi connectivity index (χ2n) is 3.19. The molecule has 15 heavy (non-hydrogen) atoms. The number of benzene rings is 1. The van der Waals surface area contributed by atoms with E-state index in [0.717, 1.165) is 12.1 Å². The zero-order chi connectivity index (χ0) is 11.3. The van der Waals surface area contributed by atoms with Crippen molar-refractivity contribution in [2.24, 2.45) is 0 Å². The van der Waals surface area contributed by atoms with Gasteiger partial charge < -0.3 is 15.2 Å². The number of ether oxygens (including phenoxy) is 1. The highest BCUT2D eigenvalue weighted by atomic mass is 35.5. The highest BCUT2D eigenvalue weighted by molar-refractivity contribution is 6.32. The molecule has 3 nitrogen and oxygen atoms in total. The molecule has 0 spiro atoms. The van der Waals surface area contributed by atoms with Crippen molar-refractivity contribution in [2.75, 3.05) is 20.3 Å². The molecule has 0 bridgehead atoms.